The number of carbonyl (C=O) groups excluding carboxylic acids is 1. The van der Waals surface area contributed by atoms with Gasteiger partial charge in [-0.3, -0.25) is 0 Å². The van der Waals surface area contributed by atoms with E-state index in [9.17, 15) is 9.90 Å². The minimum Gasteiger partial charge on any atom is -0.508 e. The summed E-state index contributed by atoms with van der Waals surface area (Å²) >= 11 is 0. The summed E-state index contributed by atoms with van der Waals surface area (Å²) in [6.45, 7) is 13.6. The van der Waals surface area contributed by atoms with E-state index in [4.69, 9.17) is 10.5 Å². The maximum atomic E-state index is 11.7. The van der Waals surface area contributed by atoms with Crippen molar-refractivity contribution in [3.05, 3.63) is 29.3 Å². The number of hydrogen-bond acceptors (Lipinski definition) is 5. The van der Waals surface area contributed by atoms with Crippen molar-refractivity contribution in [2.75, 3.05) is 33.2 Å². The SMILES string of the molecule is CC(C)(C)OC(=O)N1CCC(CN)CC1.CCc1ccc(O)cc1C1CCN(C)C(C)C1. The Morgan fingerprint density at radius 1 is 1.19 bits per heavy atom. The molecule has 3 rings (SSSR count). The lowest BCUT2D eigenvalue weighted by atomic mass is 9.83. The fourth-order valence-electron chi connectivity index (χ4n) is 4.53. The molecule has 32 heavy (non-hydrogen) atoms. The van der Waals surface area contributed by atoms with Gasteiger partial charge in [-0.25, -0.2) is 4.79 Å². The second kappa shape index (κ2) is 11.9. The van der Waals surface area contributed by atoms with Crippen molar-refractivity contribution in [1.29, 1.82) is 0 Å². The van der Waals surface area contributed by atoms with Crippen LogP contribution in [-0.4, -0.2) is 65.9 Å². The molecule has 0 radical (unpaired) electrons. The van der Waals surface area contributed by atoms with Crippen LogP contribution in [0.4, 0.5) is 4.79 Å². The van der Waals surface area contributed by atoms with E-state index in [1.54, 1.807) is 11.0 Å². The van der Waals surface area contributed by atoms with Gasteiger partial charge in [0.25, 0.3) is 0 Å². The maximum absolute atomic E-state index is 11.7. The van der Waals surface area contributed by atoms with Crippen LogP contribution in [0, 0.1) is 5.92 Å². The van der Waals surface area contributed by atoms with Gasteiger partial charge in [-0.2, -0.15) is 0 Å². The van der Waals surface area contributed by atoms with E-state index in [0.29, 0.717) is 23.6 Å². The molecule has 2 unspecified atom stereocenters. The molecule has 2 aliphatic rings. The van der Waals surface area contributed by atoms with Crippen molar-refractivity contribution in [2.24, 2.45) is 11.7 Å². The minimum absolute atomic E-state index is 0.196. The van der Waals surface area contributed by atoms with Crippen LogP contribution in [0.5, 0.6) is 5.75 Å². The number of carbonyl (C=O) groups is 1. The molecule has 1 aromatic carbocycles. The third kappa shape index (κ3) is 7.96. The van der Waals surface area contributed by atoms with Gasteiger partial charge in [-0.05, 0) is 115 Å². The summed E-state index contributed by atoms with van der Waals surface area (Å²) in [6, 6.07) is 6.50. The second-order valence-corrected chi connectivity index (χ2v) is 10.4. The average molecular weight is 448 g/mol. The zero-order valence-electron chi connectivity index (χ0n) is 21.1. The monoisotopic (exact) mass is 447 g/mol. The zero-order chi connectivity index (χ0) is 23.9. The molecule has 0 saturated carbocycles. The second-order valence-electron chi connectivity index (χ2n) is 10.4. The molecule has 2 saturated heterocycles. The van der Waals surface area contributed by atoms with Gasteiger partial charge < -0.3 is 25.4 Å². The average Bonchev–Trinajstić information content (AvgIpc) is 2.75. The van der Waals surface area contributed by atoms with Gasteiger partial charge >= 0.3 is 6.09 Å². The Kier molecular flexibility index (Phi) is 9.83. The Labute approximate surface area is 195 Å². The number of likely N-dealkylation sites (tertiary alicyclic amines) is 2. The first-order chi connectivity index (χ1) is 15.0. The summed E-state index contributed by atoms with van der Waals surface area (Å²) in [5.41, 5.74) is 7.95. The Balaban J connectivity index is 0.000000229. The van der Waals surface area contributed by atoms with Gasteiger partial charge in [0.05, 0.1) is 0 Å². The fourth-order valence-corrected chi connectivity index (χ4v) is 4.53. The number of phenolic OH excluding ortho intramolecular Hbond substituents is 1. The smallest absolute Gasteiger partial charge is 0.410 e. The van der Waals surface area contributed by atoms with Crippen molar-refractivity contribution in [3.63, 3.8) is 0 Å². The van der Waals surface area contributed by atoms with Gasteiger partial charge in [0.2, 0.25) is 0 Å². The largest absolute Gasteiger partial charge is 0.508 e. The number of phenols is 1. The van der Waals surface area contributed by atoms with Gasteiger partial charge in [0.15, 0.2) is 0 Å². The lowest BCUT2D eigenvalue weighted by Crippen LogP contribution is -2.42. The molecule has 3 N–H and O–H groups in total. The Morgan fingerprint density at radius 3 is 2.38 bits per heavy atom. The fraction of sp³-hybridized carbons (Fsp3) is 0.731. The first kappa shape index (κ1) is 26.5. The molecule has 6 heteroatoms. The van der Waals surface area contributed by atoms with Gasteiger partial charge in [0, 0.05) is 19.1 Å². The van der Waals surface area contributed by atoms with E-state index in [1.165, 1.54) is 24.0 Å². The highest BCUT2D eigenvalue weighted by Crippen LogP contribution is 2.34. The zero-order valence-corrected chi connectivity index (χ0v) is 21.1. The molecule has 1 aromatic rings. The number of piperidine rings is 2. The quantitative estimate of drug-likeness (QED) is 0.699. The summed E-state index contributed by atoms with van der Waals surface area (Å²) in [5.74, 6) is 1.59. The number of aryl methyl sites for hydroxylation is 1. The van der Waals surface area contributed by atoms with Crippen LogP contribution < -0.4 is 5.73 Å². The number of nitrogens with zero attached hydrogens (tertiary/aromatic N) is 2. The van der Waals surface area contributed by atoms with Crippen molar-refractivity contribution < 1.29 is 14.6 Å². The molecule has 2 aliphatic heterocycles. The predicted molar refractivity (Wildman–Crippen MR) is 131 cm³/mol. The number of amides is 1. The Hall–Kier alpha value is -1.79. The van der Waals surface area contributed by atoms with Gasteiger partial charge in [-0.1, -0.05) is 13.0 Å². The summed E-state index contributed by atoms with van der Waals surface area (Å²) in [6.07, 6.45) is 5.25. The Bertz CT molecular complexity index is 724. The molecule has 1 amide bonds. The molecule has 182 valence electrons. The molecule has 6 nitrogen and oxygen atoms in total. The van der Waals surface area contributed by atoms with Crippen LogP contribution in [0.3, 0.4) is 0 Å². The number of nitrogens with two attached hydrogens (primary N) is 1. The normalized spacial score (nSPS) is 22.8. The molecule has 2 heterocycles. The number of ether oxygens (including phenoxy) is 1. The van der Waals surface area contributed by atoms with E-state index in [1.807, 2.05) is 26.8 Å². The highest BCUT2D eigenvalue weighted by atomic mass is 16.6. The molecule has 0 aliphatic carbocycles. The number of aromatic hydroxyl groups is 1. The topological polar surface area (TPSA) is 79.0 Å². The van der Waals surface area contributed by atoms with Gasteiger partial charge in [-0.15, -0.1) is 0 Å². The van der Waals surface area contributed by atoms with E-state index in [2.05, 4.69) is 31.9 Å². The number of benzene rings is 1. The van der Waals surface area contributed by atoms with Crippen LogP contribution in [0.15, 0.2) is 18.2 Å². The highest BCUT2D eigenvalue weighted by Gasteiger charge is 2.27. The van der Waals surface area contributed by atoms with Crippen molar-refractivity contribution in [2.45, 2.75) is 84.3 Å². The molecule has 0 bridgehead atoms. The van der Waals surface area contributed by atoms with Crippen LogP contribution in [-0.2, 0) is 11.2 Å². The molecular weight excluding hydrogens is 402 g/mol. The van der Waals surface area contributed by atoms with Crippen LogP contribution in [0.1, 0.15) is 77.3 Å². The van der Waals surface area contributed by atoms with Crippen LogP contribution in [0.2, 0.25) is 0 Å². The van der Waals surface area contributed by atoms with E-state index < -0.39 is 5.60 Å². The molecule has 2 fully saturated rings. The third-order valence-corrected chi connectivity index (χ3v) is 6.76. The predicted octanol–water partition coefficient (Wildman–Crippen LogP) is 4.74. The summed E-state index contributed by atoms with van der Waals surface area (Å²) in [4.78, 5) is 15.9. The van der Waals surface area contributed by atoms with E-state index in [0.717, 1.165) is 45.4 Å². The van der Waals surface area contributed by atoms with E-state index in [-0.39, 0.29) is 6.09 Å². The molecule has 0 spiro atoms. The first-order valence-corrected chi connectivity index (χ1v) is 12.2. The van der Waals surface area contributed by atoms with Crippen molar-refractivity contribution in [3.8, 4) is 5.75 Å². The standard InChI is InChI=1S/C15H23NO.C11H22N2O2/c1-4-12-5-6-14(17)10-15(12)13-7-8-16(3)11(2)9-13;1-11(2,3)15-10(14)13-6-4-9(8-12)5-7-13/h5-6,10-11,13,17H,4,7-9H2,1-3H3;9H,4-8,12H2,1-3H3. The van der Waals surface area contributed by atoms with Crippen LogP contribution in [0.25, 0.3) is 0 Å². The number of hydrogen-bond donors (Lipinski definition) is 2. The minimum atomic E-state index is -0.401. The maximum Gasteiger partial charge on any atom is 0.410 e. The Morgan fingerprint density at radius 2 is 1.84 bits per heavy atom. The van der Waals surface area contributed by atoms with E-state index >= 15 is 0 Å². The van der Waals surface area contributed by atoms with Gasteiger partial charge in [0.1, 0.15) is 11.4 Å². The third-order valence-electron chi connectivity index (χ3n) is 6.76. The van der Waals surface area contributed by atoms with Crippen molar-refractivity contribution in [1.82, 2.24) is 9.80 Å². The molecule has 0 aromatic heterocycles. The van der Waals surface area contributed by atoms with Crippen molar-refractivity contribution >= 4 is 6.09 Å². The highest BCUT2D eigenvalue weighted by molar-refractivity contribution is 5.68. The number of rotatable bonds is 3. The summed E-state index contributed by atoms with van der Waals surface area (Å²) in [5, 5.41) is 9.67. The first-order valence-electron chi connectivity index (χ1n) is 12.2. The van der Waals surface area contributed by atoms with Crippen LogP contribution >= 0.6 is 0 Å². The summed E-state index contributed by atoms with van der Waals surface area (Å²) < 4.78 is 5.30. The molecular formula is C26H45N3O3. The lowest BCUT2D eigenvalue weighted by Gasteiger charge is -2.36. The lowest BCUT2D eigenvalue weighted by molar-refractivity contribution is 0.0186. The summed E-state index contributed by atoms with van der Waals surface area (Å²) in [7, 11) is 2.20. The molecule has 2 atom stereocenters.